The molecule has 2 amide bonds. The highest BCUT2D eigenvalue weighted by Gasteiger charge is 2.34. The summed E-state index contributed by atoms with van der Waals surface area (Å²) in [7, 11) is 1.86. The molecule has 0 aliphatic carbocycles. The van der Waals surface area contributed by atoms with Gasteiger partial charge in [-0.25, -0.2) is 0 Å². The van der Waals surface area contributed by atoms with Gasteiger partial charge in [0.05, 0.1) is 22.8 Å². The number of amides is 2. The van der Waals surface area contributed by atoms with E-state index in [4.69, 9.17) is 11.6 Å². The Bertz CT molecular complexity index is 804. The molecule has 0 saturated carbocycles. The molecular weight excluding hydrogens is 342 g/mol. The zero-order valence-electron chi connectivity index (χ0n) is 14.0. The third-order valence-corrected chi connectivity index (χ3v) is 4.56. The fraction of sp³-hybridized carbons (Fsp3) is 0.353. The molecule has 0 radical (unpaired) electrons. The third kappa shape index (κ3) is 4.00. The molecule has 2 heterocycles. The molecule has 1 saturated heterocycles. The Morgan fingerprint density at radius 1 is 1.32 bits per heavy atom. The molecule has 3 rings (SSSR count). The standard InChI is InChI=1S/C17H20ClN5O2/c1-10(24)21-16-4-3-12(5-15(16)18)22-17(25)14-8-19-7-13(14)11-6-20-23(2)9-11/h3-6,9,13-14,19H,7-8H2,1-2H3,(H,21,24)(H,22,25)/t13-,14+/m1/s1. The quantitative estimate of drug-likeness (QED) is 0.777. The van der Waals surface area contributed by atoms with Crippen molar-refractivity contribution >= 4 is 34.8 Å². The van der Waals surface area contributed by atoms with Crippen LogP contribution in [0.25, 0.3) is 0 Å². The van der Waals surface area contributed by atoms with Crippen molar-refractivity contribution in [3.63, 3.8) is 0 Å². The summed E-state index contributed by atoms with van der Waals surface area (Å²) in [4.78, 5) is 23.8. The Balaban J connectivity index is 1.71. The first-order chi connectivity index (χ1) is 11.9. The van der Waals surface area contributed by atoms with Crippen LogP contribution in [0.4, 0.5) is 11.4 Å². The highest BCUT2D eigenvalue weighted by Crippen LogP contribution is 2.30. The number of aromatic nitrogens is 2. The number of nitrogens with one attached hydrogen (secondary N) is 3. The van der Waals surface area contributed by atoms with Gasteiger partial charge in [-0.1, -0.05) is 11.6 Å². The van der Waals surface area contributed by atoms with Crippen LogP contribution >= 0.6 is 11.6 Å². The lowest BCUT2D eigenvalue weighted by Gasteiger charge is -2.17. The Labute approximate surface area is 150 Å². The van der Waals surface area contributed by atoms with E-state index < -0.39 is 0 Å². The van der Waals surface area contributed by atoms with Crippen molar-refractivity contribution in [2.75, 3.05) is 23.7 Å². The van der Waals surface area contributed by atoms with Crippen LogP contribution in [-0.2, 0) is 16.6 Å². The Kier molecular flexibility index (Phi) is 5.06. The number of aryl methyl sites for hydroxylation is 1. The smallest absolute Gasteiger partial charge is 0.229 e. The number of nitrogens with zero attached hydrogens (tertiary/aromatic N) is 2. The molecule has 2 atom stereocenters. The van der Waals surface area contributed by atoms with Gasteiger partial charge in [0, 0.05) is 44.9 Å². The number of carbonyl (C=O) groups is 2. The second-order valence-electron chi connectivity index (χ2n) is 6.18. The van der Waals surface area contributed by atoms with Crippen molar-refractivity contribution in [3.05, 3.63) is 41.2 Å². The summed E-state index contributed by atoms with van der Waals surface area (Å²) in [5.74, 6) is -0.363. The molecule has 3 N–H and O–H groups in total. The predicted octanol–water partition coefficient (Wildman–Crippen LogP) is 1.97. The van der Waals surface area contributed by atoms with E-state index >= 15 is 0 Å². The van der Waals surface area contributed by atoms with Gasteiger partial charge in [-0.15, -0.1) is 0 Å². The zero-order valence-corrected chi connectivity index (χ0v) is 14.8. The normalized spacial score (nSPS) is 19.6. The van der Waals surface area contributed by atoms with Crippen LogP contribution in [0.2, 0.25) is 5.02 Å². The van der Waals surface area contributed by atoms with Gasteiger partial charge in [0.2, 0.25) is 11.8 Å². The number of hydrogen-bond acceptors (Lipinski definition) is 4. The van der Waals surface area contributed by atoms with Crippen LogP contribution in [0.1, 0.15) is 18.4 Å². The van der Waals surface area contributed by atoms with Crippen molar-refractivity contribution < 1.29 is 9.59 Å². The molecule has 25 heavy (non-hydrogen) atoms. The van der Waals surface area contributed by atoms with E-state index in [0.29, 0.717) is 22.9 Å². The van der Waals surface area contributed by atoms with Crippen molar-refractivity contribution in [2.45, 2.75) is 12.8 Å². The molecule has 7 nitrogen and oxygen atoms in total. The first kappa shape index (κ1) is 17.4. The first-order valence-electron chi connectivity index (χ1n) is 8.01. The highest BCUT2D eigenvalue weighted by molar-refractivity contribution is 6.34. The van der Waals surface area contributed by atoms with Gasteiger partial charge in [0.25, 0.3) is 0 Å². The molecule has 0 unspecified atom stereocenters. The van der Waals surface area contributed by atoms with Crippen LogP contribution in [0.3, 0.4) is 0 Å². The molecule has 1 aromatic carbocycles. The minimum Gasteiger partial charge on any atom is -0.326 e. The lowest BCUT2D eigenvalue weighted by Crippen LogP contribution is -2.28. The van der Waals surface area contributed by atoms with Gasteiger partial charge in [0.15, 0.2) is 0 Å². The average Bonchev–Trinajstić information content (AvgIpc) is 3.18. The summed E-state index contributed by atoms with van der Waals surface area (Å²) < 4.78 is 1.74. The molecule has 0 spiro atoms. The van der Waals surface area contributed by atoms with Gasteiger partial charge in [-0.05, 0) is 23.8 Å². The monoisotopic (exact) mass is 361 g/mol. The van der Waals surface area contributed by atoms with Crippen molar-refractivity contribution in [1.82, 2.24) is 15.1 Å². The summed E-state index contributed by atoms with van der Waals surface area (Å²) in [5, 5.41) is 13.4. The van der Waals surface area contributed by atoms with Crippen LogP contribution in [0.5, 0.6) is 0 Å². The van der Waals surface area contributed by atoms with Gasteiger partial charge in [-0.2, -0.15) is 5.10 Å². The number of hydrogen-bond donors (Lipinski definition) is 3. The lowest BCUT2D eigenvalue weighted by atomic mass is 9.90. The average molecular weight is 362 g/mol. The fourth-order valence-electron chi connectivity index (χ4n) is 3.05. The molecule has 1 fully saturated rings. The zero-order chi connectivity index (χ0) is 18.0. The minimum atomic E-state index is -0.199. The van der Waals surface area contributed by atoms with Crippen LogP contribution in [0.15, 0.2) is 30.6 Å². The summed E-state index contributed by atoms with van der Waals surface area (Å²) in [6.45, 7) is 2.77. The minimum absolute atomic E-state index is 0.0674. The predicted molar refractivity (Wildman–Crippen MR) is 96.7 cm³/mol. The van der Waals surface area contributed by atoms with E-state index in [0.717, 1.165) is 12.1 Å². The van der Waals surface area contributed by atoms with E-state index in [-0.39, 0.29) is 23.7 Å². The van der Waals surface area contributed by atoms with Crippen molar-refractivity contribution in [2.24, 2.45) is 13.0 Å². The first-order valence-corrected chi connectivity index (χ1v) is 8.39. The highest BCUT2D eigenvalue weighted by atomic mass is 35.5. The second kappa shape index (κ2) is 7.25. The maximum Gasteiger partial charge on any atom is 0.229 e. The fourth-order valence-corrected chi connectivity index (χ4v) is 3.28. The topological polar surface area (TPSA) is 88.1 Å². The summed E-state index contributed by atoms with van der Waals surface area (Å²) in [5.41, 5.74) is 2.16. The van der Waals surface area contributed by atoms with Crippen LogP contribution in [-0.4, -0.2) is 34.7 Å². The van der Waals surface area contributed by atoms with Gasteiger partial charge in [0.1, 0.15) is 0 Å². The summed E-state index contributed by atoms with van der Waals surface area (Å²) in [6.07, 6.45) is 3.74. The Morgan fingerprint density at radius 3 is 2.76 bits per heavy atom. The Morgan fingerprint density at radius 2 is 2.12 bits per heavy atom. The second-order valence-corrected chi connectivity index (χ2v) is 6.59. The largest absolute Gasteiger partial charge is 0.326 e. The SMILES string of the molecule is CC(=O)Nc1ccc(NC(=O)[C@H]2CNC[C@@H]2c2cnn(C)c2)cc1Cl. The summed E-state index contributed by atoms with van der Waals surface area (Å²) in [6, 6.07) is 5.02. The van der Waals surface area contributed by atoms with Crippen LogP contribution in [0, 0.1) is 5.92 Å². The number of rotatable bonds is 4. The molecule has 1 aliphatic heterocycles. The van der Waals surface area contributed by atoms with E-state index in [1.165, 1.54) is 6.92 Å². The number of carbonyl (C=O) groups excluding carboxylic acids is 2. The molecule has 1 aromatic heterocycles. The summed E-state index contributed by atoms with van der Waals surface area (Å²) >= 11 is 6.15. The lowest BCUT2D eigenvalue weighted by molar-refractivity contribution is -0.119. The van der Waals surface area contributed by atoms with Crippen LogP contribution < -0.4 is 16.0 Å². The number of halogens is 1. The third-order valence-electron chi connectivity index (χ3n) is 4.25. The molecule has 0 bridgehead atoms. The Hall–Kier alpha value is -2.38. The van der Waals surface area contributed by atoms with Gasteiger partial charge < -0.3 is 16.0 Å². The molecule has 2 aromatic rings. The van der Waals surface area contributed by atoms with Crippen molar-refractivity contribution in [1.29, 1.82) is 0 Å². The molecule has 8 heteroatoms. The number of anilines is 2. The van der Waals surface area contributed by atoms with E-state index in [1.54, 1.807) is 29.1 Å². The number of benzene rings is 1. The molecule has 1 aliphatic rings. The maximum absolute atomic E-state index is 12.7. The molecule has 132 valence electrons. The van der Waals surface area contributed by atoms with E-state index in [2.05, 4.69) is 21.0 Å². The van der Waals surface area contributed by atoms with E-state index in [1.807, 2.05) is 13.2 Å². The maximum atomic E-state index is 12.7. The van der Waals surface area contributed by atoms with E-state index in [9.17, 15) is 9.59 Å². The van der Waals surface area contributed by atoms with Crippen molar-refractivity contribution in [3.8, 4) is 0 Å². The van der Waals surface area contributed by atoms with Gasteiger partial charge in [-0.3, -0.25) is 14.3 Å². The molecular formula is C17H20ClN5O2. The van der Waals surface area contributed by atoms with Gasteiger partial charge >= 0.3 is 0 Å².